The number of nitrogens with zero attached hydrogens (tertiary/aromatic N) is 2. The fraction of sp³-hybridized carbons (Fsp3) is 0. The molecule has 3 heteroatoms. The molecule has 1 heterocycles. The number of anilines is 6. The number of benzene rings is 12. The van der Waals surface area contributed by atoms with Crippen LogP contribution in [0.25, 0.3) is 88.0 Å². The Balaban J connectivity index is 0.914. The lowest BCUT2D eigenvalue weighted by molar-refractivity contribution is 0.670. The number of fused-ring (bicyclic) bond motifs is 5. The normalized spacial score (nSPS) is 11.4. The molecule has 0 N–H and O–H groups in total. The summed E-state index contributed by atoms with van der Waals surface area (Å²) in [7, 11) is 0. The summed E-state index contributed by atoms with van der Waals surface area (Å²) < 4.78 is 6.85. The number of hydrogen-bond acceptors (Lipinski definition) is 3. The Morgan fingerprint density at radius 2 is 0.549 bits per heavy atom. The molecule has 3 nitrogen and oxygen atoms in total. The van der Waals surface area contributed by atoms with E-state index in [1.807, 2.05) is 0 Å². The van der Waals surface area contributed by atoms with Crippen molar-refractivity contribution in [3.8, 4) is 44.5 Å². The third-order valence-electron chi connectivity index (χ3n) is 13.8. The van der Waals surface area contributed by atoms with Gasteiger partial charge in [-0.3, -0.25) is 0 Å². The fourth-order valence-corrected chi connectivity index (χ4v) is 10.3. The van der Waals surface area contributed by atoms with Crippen LogP contribution in [-0.4, -0.2) is 0 Å². The quantitative estimate of drug-likeness (QED) is 0.136. The number of rotatable bonds is 10. The van der Waals surface area contributed by atoms with Gasteiger partial charge in [0.1, 0.15) is 11.2 Å². The van der Waals surface area contributed by atoms with E-state index in [2.05, 4.69) is 289 Å². The molecule has 13 aromatic rings. The van der Waals surface area contributed by atoms with Crippen molar-refractivity contribution in [2.24, 2.45) is 0 Å². The molecule has 0 aliphatic carbocycles. The lowest BCUT2D eigenvalue weighted by Gasteiger charge is -2.28. The predicted octanol–water partition coefficient (Wildman–Crippen LogP) is 19.5. The van der Waals surface area contributed by atoms with Gasteiger partial charge in [-0.1, -0.05) is 194 Å². The van der Waals surface area contributed by atoms with Crippen LogP contribution in [0.2, 0.25) is 0 Å². The number of para-hydroxylation sites is 2. The average molecular weight is 907 g/mol. The molecule has 1 aromatic heterocycles. The second-order valence-corrected chi connectivity index (χ2v) is 18.1. The van der Waals surface area contributed by atoms with E-state index >= 15 is 0 Å². The van der Waals surface area contributed by atoms with E-state index in [4.69, 9.17) is 4.42 Å². The molecule has 0 atom stereocenters. The van der Waals surface area contributed by atoms with Crippen LogP contribution in [0.5, 0.6) is 0 Å². The predicted molar refractivity (Wildman–Crippen MR) is 300 cm³/mol. The minimum Gasteiger partial charge on any atom is -0.456 e. The van der Waals surface area contributed by atoms with Crippen molar-refractivity contribution in [3.05, 3.63) is 279 Å². The zero-order valence-electron chi connectivity index (χ0n) is 38.9. The minimum atomic E-state index is 0.862. The second kappa shape index (κ2) is 17.9. The molecule has 71 heavy (non-hydrogen) atoms. The highest BCUT2D eigenvalue weighted by molar-refractivity contribution is 6.14. The lowest BCUT2D eigenvalue weighted by Crippen LogP contribution is -2.11. The molecule has 0 aliphatic rings. The second-order valence-electron chi connectivity index (χ2n) is 18.1. The Kier molecular flexibility index (Phi) is 10.5. The molecule has 0 saturated carbocycles. The molecule has 0 aliphatic heterocycles. The first kappa shape index (κ1) is 41.7. The third-order valence-corrected chi connectivity index (χ3v) is 13.8. The Labute approximate surface area is 413 Å². The van der Waals surface area contributed by atoms with Crippen LogP contribution >= 0.6 is 0 Å². The van der Waals surface area contributed by atoms with E-state index in [-0.39, 0.29) is 0 Å². The van der Waals surface area contributed by atoms with Gasteiger partial charge in [-0.05, 0) is 140 Å². The Morgan fingerprint density at radius 3 is 0.944 bits per heavy atom. The van der Waals surface area contributed by atoms with Crippen LogP contribution in [0.3, 0.4) is 0 Å². The smallest absolute Gasteiger partial charge is 0.136 e. The highest BCUT2D eigenvalue weighted by Gasteiger charge is 2.21. The van der Waals surface area contributed by atoms with Crippen LogP contribution < -0.4 is 9.80 Å². The van der Waals surface area contributed by atoms with Crippen molar-refractivity contribution in [3.63, 3.8) is 0 Å². The summed E-state index contributed by atoms with van der Waals surface area (Å²) in [5, 5.41) is 6.73. The third kappa shape index (κ3) is 7.86. The average Bonchev–Trinajstić information content (AvgIpc) is 3.79. The van der Waals surface area contributed by atoms with E-state index in [0.29, 0.717) is 0 Å². The standard InChI is InChI=1S/C68H46N2O/c1-5-17-47(18-6-1)49-29-35-57(36-30-49)69(65-27-15-13-25-61(65)51-21-9-3-10-22-51)59-39-33-53-43-63-64-44-54-34-40-60(42-56(54)46-68(64)71-67(63)45-55(53)41-59)70(58-37-31-50(32-38-58)48-19-7-2-8-20-48)66-28-16-14-26-62(66)52-23-11-4-12-24-52/h1-46H. The van der Waals surface area contributed by atoms with Gasteiger partial charge in [-0.25, -0.2) is 0 Å². The molecular formula is C68H46N2O. The fourth-order valence-electron chi connectivity index (χ4n) is 10.3. The van der Waals surface area contributed by atoms with Crippen LogP contribution in [0.4, 0.5) is 34.1 Å². The lowest BCUT2D eigenvalue weighted by atomic mass is 9.99. The molecule has 0 unspecified atom stereocenters. The Hall–Kier alpha value is -9.44. The maximum atomic E-state index is 6.85. The topological polar surface area (TPSA) is 19.6 Å². The Morgan fingerprint density at radius 1 is 0.225 bits per heavy atom. The molecule has 0 bridgehead atoms. The van der Waals surface area contributed by atoms with Crippen LogP contribution in [0, 0.1) is 0 Å². The van der Waals surface area contributed by atoms with E-state index in [9.17, 15) is 0 Å². The maximum Gasteiger partial charge on any atom is 0.136 e. The van der Waals surface area contributed by atoms with E-state index in [1.54, 1.807) is 0 Å². The summed E-state index contributed by atoms with van der Waals surface area (Å²) in [6.07, 6.45) is 0. The van der Waals surface area contributed by atoms with Gasteiger partial charge in [0.15, 0.2) is 0 Å². The van der Waals surface area contributed by atoms with Gasteiger partial charge in [-0.15, -0.1) is 0 Å². The van der Waals surface area contributed by atoms with Crippen molar-refractivity contribution in [2.75, 3.05) is 9.80 Å². The van der Waals surface area contributed by atoms with E-state index in [0.717, 1.165) is 88.7 Å². The summed E-state index contributed by atoms with van der Waals surface area (Å²) in [5.41, 5.74) is 17.6. The van der Waals surface area contributed by atoms with E-state index in [1.165, 1.54) is 33.4 Å². The van der Waals surface area contributed by atoms with Gasteiger partial charge in [-0.2, -0.15) is 0 Å². The molecule has 0 saturated heterocycles. The molecule has 334 valence electrons. The monoisotopic (exact) mass is 906 g/mol. The van der Waals surface area contributed by atoms with Gasteiger partial charge in [0.25, 0.3) is 0 Å². The highest BCUT2D eigenvalue weighted by atomic mass is 16.3. The Bertz CT molecular complexity index is 3750. The van der Waals surface area contributed by atoms with Crippen molar-refractivity contribution in [1.29, 1.82) is 0 Å². The number of hydrogen-bond donors (Lipinski definition) is 0. The SMILES string of the molecule is c1ccc(-c2ccc(N(c3ccc4cc5c(cc4c3)oc3cc4cc(N(c6ccc(-c7ccccc7)cc6)c6ccccc6-c6ccccc6)ccc4cc35)c3ccccc3-c3ccccc3)cc2)cc1. The van der Waals surface area contributed by atoms with Gasteiger partial charge in [0, 0.05) is 44.6 Å². The van der Waals surface area contributed by atoms with Gasteiger partial charge < -0.3 is 14.2 Å². The summed E-state index contributed by atoms with van der Waals surface area (Å²) in [5.74, 6) is 0. The first-order chi connectivity index (χ1) is 35.2. The number of furan rings is 1. The van der Waals surface area contributed by atoms with Crippen LogP contribution in [0.1, 0.15) is 0 Å². The van der Waals surface area contributed by atoms with Gasteiger partial charge >= 0.3 is 0 Å². The highest BCUT2D eigenvalue weighted by Crippen LogP contribution is 2.45. The first-order valence-electron chi connectivity index (χ1n) is 24.2. The largest absolute Gasteiger partial charge is 0.456 e. The molecule has 0 radical (unpaired) electrons. The van der Waals surface area contributed by atoms with Crippen molar-refractivity contribution >= 4 is 77.6 Å². The zero-order chi connectivity index (χ0) is 47.1. The molecule has 0 fully saturated rings. The molecule has 0 spiro atoms. The van der Waals surface area contributed by atoms with Crippen molar-refractivity contribution < 1.29 is 4.42 Å². The van der Waals surface area contributed by atoms with Crippen LogP contribution in [0.15, 0.2) is 283 Å². The summed E-state index contributed by atoms with van der Waals surface area (Å²) in [4.78, 5) is 4.76. The molecular weight excluding hydrogens is 861 g/mol. The summed E-state index contributed by atoms with van der Waals surface area (Å²) >= 11 is 0. The molecule has 12 aromatic carbocycles. The van der Waals surface area contributed by atoms with E-state index < -0.39 is 0 Å². The minimum absolute atomic E-state index is 0.862. The summed E-state index contributed by atoms with van der Waals surface area (Å²) in [6, 6.07) is 100. The zero-order valence-corrected chi connectivity index (χ0v) is 38.9. The van der Waals surface area contributed by atoms with Gasteiger partial charge in [0.05, 0.1) is 11.4 Å². The summed E-state index contributed by atoms with van der Waals surface area (Å²) in [6.45, 7) is 0. The van der Waals surface area contributed by atoms with Crippen LogP contribution in [-0.2, 0) is 0 Å². The van der Waals surface area contributed by atoms with Crippen molar-refractivity contribution in [2.45, 2.75) is 0 Å². The van der Waals surface area contributed by atoms with Gasteiger partial charge in [0.2, 0.25) is 0 Å². The first-order valence-corrected chi connectivity index (χ1v) is 24.2. The molecule has 0 amide bonds. The maximum absolute atomic E-state index is 6.85. The van der Waals surface area contributed by atoms with Crippen molar-refractivity contribution in [1.82, 2.24) is 0 Å². The molecule has 13 rings (SSSR count).